The van der Waals surface area contributed by atoms with Crippen LogP contribution in [0.2, 0.25) is 0 Å². The first-order valence-corrected chi connectivity index (χ1v) is 6.95. The van der Waals surface area contributed by atoms with Crippen molar-refractivity contribution in [2.75, 3.05) is 13.1 Å². The Morgan fingerprint density at radius 1 is 1.28 bits per heavy atom. The minimum atomic E-state index is -0.865. The third kappa shape index (κ3) is 2.76. The molecule has 1 saturated carbocycles. The van der Waals surface area contributed by atoms with Gasteiger partial charge in [-0.3, -0.25) is 0 Å². The van der Waals surface area contributed by atoms with E-state index < -0.39 is 12.0 Å². The summed E-state index contributed by atoms with van der Waals surface area (Å²) >= 11 is 0. The number of hydrogen-bond acceptors (Lipinski definition) is 2. The molecule has 1 aliphatic heterocycles. The van der Waals surface area contributed by atoms with E-state index in [0.29, 0.717) is 19.0 Å². The van der Waals surface area contributed by atoms with Gasteiger partial charge in [0.25, 0.3) is 0 Å². The maximum absolute atomic E-state index is 12.5. The Kier molecular flexibility index (Phi) is 4.09. The summed E-state index contributed by atoms with van der Waals surface area (Å²) in [6, 6.07) is -0.329. The third-order valence-electron chi connectivity index (χ3n) is 3.73. The molecule has 2 aliphatic rings. The molecule has 1 N–H and O–H groups in total. The molecule has 1 unspecified atom stereocenters. The molecule has 102 valence electrons. The van der Waals surface area contributed by atoms with Crippen molar-refractivity contribution >= 4 is 12.0 Å². The number of carbonyl (C=O) groups excluding carboxylic acids is 1. The number of aliphatic carboxylic acids is 1. The van der Waals surface area contributed by atoms with E-state index in [2.05, 4.69) is 0 Å². The zero-order valence-corrected chi connectivity index (χ0v) is 11.0. The van der Waals surface area contributed by atoms with Gasteiger partial charge in [-0.05, 0) is 38.5 Å². The van der Waals surface area contributed by atoms with E-state index in [1.54, 1.807) is 4.90 Å². The molecule has 2 rings (SSSR count). The van der Waals surface area contributed by atoms with Gasteiger partial charge in [-0.25, -0.2) is 9.59 Å². The van der Waals surface area contributed by atoms with E-state index in [9.17, 15) is 14.7 Å². The number of carboxylic acid groups (broad SMARTS) is 1. The fraction of sp³-hybridized carbons (Fsp3) is 0.846. The first-order valence-electron chi connectivity index (χ1n) is 6.95. The van der Waals surface area contributed by atoms with Crippen LogP contribution in [0.25, 0.3) is 0 Å². The molecule has 2 fully saturated rings. The van der Waals surface area contributed by atoms with Crippen LogP contribution in [0.4, 0.5) is 4.79 Å². The predicted molar refractivity (Wildman–Crippen MR) is 67.4 cm³/mol. The predicted octanol–water partition coefficient (Wildman–Crippen LogP) is 1.92. The first-order chi connectivity index (χ1) is 8.65. The molecule has 0 aromatic carbocycles. The zero-order chi connectivity index (χ0) is 13.1. The van der Waals surface area contributed by atoms with E-state index >= 15 is 0 Å². The Morgan fingerprint density at radius 2 is 2.00 bits per heavy atom. The Balaban J connectivity index is 2.06. The van der Waals surface area contributed by atoms with Crippen LogP contribution in [0.1, 0.15) is 45.4 Å². The Bertz CT molecular complexity index is 328. The van der Waals surface area contributed by atoms with Crippen molar-refractivity contribution in [3.8, 4) is 0 Å². The van der Waals surface area contributed by atoms with Crippen molar-refractivity contribution in [1.29, 1.82) is 0 Å². The molecule has 1 atom stereocenters. The van der Waals surface area contributed by atoms with Crippen LogP contribution >= 0.6 is 0 Å². The Hall–Kier alpha value is -1.26. The summed E-state index contributed by atoms with van der Waals surface area (Å²) in [6.07, 6.45) is 5.46. The van der Waals surface area contributed by atoms with E-state index in [1.807, 2.05) is 11.8 Å². The molecule has 1 saturated heterocycles. The summed E-state index contributed by atoms with van der Waals surface area (Å²) in [6.45, 7) is 3.38. The minimum Gasteiger partial charge on any atom is -0.480 e. The minimum absolute atomic E-state index is 0.0635. The van der Waals surface area contributed by atoms with Crippen LogP contribution in [0, 0.1) is 0 Å². The number of rotatable bonds is 4. The van der Waals surface area contributed by atoms with E-state index in [0.717, 1.165) is 38.6 Å². The van der Waals surface area contributed by atoms with Crippen LogP contribution in [-0.4, -0.2) is 52.1 Å². The van der Waals surface area contributed by atoms with Gasteiger partial charge in [0.15, 0.2) is 0 Å². The molecule has 2 amide bonds. The topological polar surface area (TPSA) is 60.9 Å². The highest BCUT2D eigenvalue weighted by molar-refractivity contribution is 5.83. The second-order valence-electron chi connectivity index (χ2n) is 5.25. The SMILES string of the molecule is CCCN(C(=O)N1CCCCC1C(=O)O)C1CC1. The van der Waals surface area contributed by atoms with Crippen LogP contribution in [0.3, 0.4) is 0 Å². The molecule has 5 heteroatoms. The molecule has 0 spiro atoms. The van der Waals surface area contributed by atoms with Crippen LogP contribution in [0.15, 0.2) is 0 Å². The van der Waals surface area contributed by atoms with Crippen molar-refractivity contribution in [3.63, 3.8) is 0 Å². The maximum Gasteiger partial charge on any atom is 0.326 e. The van der Waals surface area contributed by atoms with Crippen molar-refractivity contribution in [1.82, 2.24) is 9.80 Å². The van der Waals surface area contributed by atoms with Gasteiger partial charge in [0.05, 0.1) is 0 Å². The monoisotopic (exact) mass is 254 g/mol. The highest BCUT2D eigenvalue weighted by Crippen LogP contribution is 2.29. The van der Waals surface area contributed by atoms with E-state index in [-0.39, 0.29) is 6.03 Å². The molecule has 0 aromatic rings. The third-order valence-corrected chi connectivity index (χ3v) is 3.73. The van der Waals surface area contributed by atoms with Crippen molar-refractivity contribution < 1.29 is 14.7 Å². The Labute approximate surface area is 108 Å². The molecule has 5 nitrogen and oxygen atoms in total. The number of carbonyl (C=O) groups is 2. The van der Waals surface area contributed by atoms with Gasteiger partial charge >= 0.3 is 12.0 Å². The Morgan fingerprint density at radius 3 is 2.56 bits per heavy atom. The zero-order valence-electron chi connectivity index (χ0n) is 11.0. The second kappa shape index (κ2) is 5.59. The fourth-order valence-corrected chi connectivity index (χ4v) is 2.64. The van der Waals surface area contributed by atoms with Crippen molar-refractivity contribution in [3.05, 3.63) is 0 Å². The molecular formula is C13H22N2O3. The summed E-state index contributed by atoms with van der Waals surface area (Å²) in [4.78, 5) is 27.1. The van der Waals surface area contributed by atoms with Crippen molar-refractivity contribution in [2.24, 2.45) is 0 Å². The van der Waals surface area contributed by atoms with Gasteiger partial charge in [0, 0.05) is 19.1 Å². The van der Waals surface area contributed by atoms with Crippen LogP contribution < -0.4 is 0 Å². The van der Waals surface area contributed by atoms with Gasteiger partial charge in [-0.2, -0.15) is 0 Å². The lowest BCUT2D eigenvalue weighted by molar-refractivity contribution is -0.143. The normalized spacial score (nSPS) is 23.8. The quantitative estimate of drug-likeness (QED) is 0.833. The first kappa shape index (κ1) is 13.2. The molecule has 0 radical (unpaired) electrons. The van der Waals surface area contributed by atoms with Gasteiger partial charge in [0.2, 0.25) is 0 Å². The average molecular weight is 254 g/mol. The number of piperidine rings is 1. The summed E-state index contributed by atoms with van der Waals surface area (Å²) in [5.74, 6) is -0.865. The molecule has 0 aromatic heterocycles. The summed E-state index contributed by atoms with van der Waals surface area (Å²) in [5, 5.41) is 9.21. The summed E-state index contributed by atoms with van der Waals surface area (Å²) in [7, 11) is 0. The summed E-state index contributed by atoms with van der Waals surface area (Å²) < 4.78 is 0. The lowest BCUT2D eigenvalue weighted by Gasteiger charge is -2.37. The number of carboxylic acids is 1. The van der Waals surface area contributed by atoms with Crippen LogP contribution in [-0.2, 0) is 4.79 Å². The summed E-state index contributed by atoms with van der Waals surface area (Å²) in [5.41, 5.74) is 0. The average Bonchev–Trinajstić information content (AvgIpc) is 3.19. The number of hydrogen-bond donors (Lipinski definition) is 1. The van der Waals surface area contributed by atoms with Gasteiger partial charge in [-0.15, -0.1) is 0 Å². The largest absolute Gasteiger partial charge is 0.480 e. The van der Waals surface area contributed by atoms with Gasteiger partial charge in [-0.1, -0.05) is 6.92 Å². The lowest BCUT2D eigenvalue weighted by Crippen LogP contribution is -2.53. The number of likely N-dealkylation sites (tertiary alicyclic amines) is 1. The lowest BCUT2D eigenvalue weighted by atomic mass is 10.0. The highest BCUT2D eigenvalue weighted by atomic mass is 16.4. The standard InChI is InChI=1S/C13H22N2O3/c1-2-8-14(10-6-7-10)13(18)15-9-4-3-5-11(15)12(16)17/h10-11H,2-9H2,1H3,(H,16,17). The molecule has 18 heavy (non-hydrogen) atoms. The fourth-order valence-electron chi connectivity index (χ4n) is 2.64. The van der Waals surface area contributed by atoms with Crippen LogP contribution in [0.5, 0.6) is 0 Å². The maximum atomic E-state index is 12.5. The van der Waals surface area contributed by atoms with Gasteiger partial charge in [0.1, 0.15) is 6.04 Å². The highest BCUT2D eigenvalue weighted by Gasteiger charge is 2.39. The van der Waals surface area contributed by atoms with Gasteiger partial charge < -0.3 is 14.9 Å². The number of urea groups is 1. The van der Waals surface area contributed by atoms with E-state index in [4.69, 9.17) is 0 Å². The molecule has 1 heterocycles. The van der Waals surface area contributed by atoms with E-state index in [1.165, 1.54) is 0 Å². The second-order valence-corrected chi connectivity index (χ2v) is 5.25. The number of amides is 2. The van der Waals surface area contributed by atoms with Crippen molar-refractivity contribution in [2.45, 2.75) is 57.5 Å². The molecule has 0 bridgehead atoms. The molecule has 1 aliphatic carbocycles. The molecular weight excluding hydrogens is 232 g/mol. The number of nitrogens with zero attached hydrogens (tertiary/aromatic N) is 2. The smallest absolute Gasteiger partial charge is 0.326 e.